The zero-order valence-corrected chi connectivity index (χ0v) is 12.7. The van der Waals surface area contributed by atoms with Crippen molar-refractivity contribution in [3.05, 3.63) is 29.2 Å². The second-order valence-corrected chi connectivity index (χ2v) is 5.57. The zero-order chi connectivity index (χ0) is 15.5. The topological polar surface area (TPSA) is 79.6 Å². The Bertz CT molecular complexity index is 714. The summed E-state index contributed by atoms with van der Waals surface area (Å²) in [7, 11) is 0. The number of fused-ring (bicyclic) bond motifs is 1. The number of imidazole rings is 1. The van der Waals surface area contributed by atoms with Crippen molar-refractivity contribution in [3.63, 3.8) is 0 Å². The fourth-order valence-corrected chi connectivity index (χ4v) is 2.62. The highest BCUT2D eigenvalue weighted by atomic mass is 35.5. The Morgan fingerprint density at radius 1 is 1.41 bits per heavy atom. The minimum Gasteiger partial charge on any atom is -0.351 e. The molecule has 116 valence electrons. The first-order valence-corrected chi connectivity index (χ1v) is 7.59. The molecule has 0 bridgehead atoms. The van der Waals surface area contributed by atoms with E-state index >= 15 is 0 Å². The van der Waals surface area contributed by atoms with E-state index in [9.17, 15) is 9.59 Å². The van der Waals surface area contributed by atoms with Gasteiger partial charge in [0.1, 0.15) is 10.8 Å². The number of hydrogen-bond acceptors (Lipinski definition) is 4. The van der Waals surface area contributed by atoms with Crippen LogP contribution in [-0.4, -0.2) is 50.9 Å². The number of amides is 2. The van der Waals surface area contributed by atoms with Gasteiger partial charge in [-0.15, -0.1) is 0 Å². The van der Waals surface area contributed by atoms with E-state index < -0.39 is 0 Å². The minimum atomic E-state index is -0.255. The number of carbonyl (C=O) groups excluding carboxylic acids is 2. The number of likely N-dealkylation sites (tertiary alicyclic amines) is 1. The van der Waals surface area contributed by atoms with E-state index in [4.69, 9.17) is 11.6 Å². The average Bonchev–Trinajstić information content (AvgIpc) is 3.09. The van der Waals surface area contributed by atoms with Gasteiger partial charge in [-0.05, 0) is 25.0 Å². The van der Waals surface area contributed by atoms with Crippen LogP contribution in [-0.2, 0) is 4.79 Å². The van der Waals surface area contributed by atoms with Gasteiger partial charge >= 0.3 is 0 Å². The quantitative estimate of drug-likeness (QED) is 0.837. The van der Waals surface area contributed by atoms with Gasteiger partial charge in [0, 0.05) is 26.1 Å². The number of nitrogens with one attached hydrogen (secondary N) is 1. The lowest BCUT2D eigenvalue weighted by Gasteiger charge is -2.14. The van der Waals surface area contributed by atoms with Crippen LogP contribution in [0.1, 0.15) is 29.8 Å². The monoisotopic (exact) mass is 321 g/mol. The molecule has 1 saturated heterocycles. The van der Waals surface area contributed by atoms with E-state index in [1.807, 2.05) is 4.90 Å². The lowest BCUT2D eigenvalue weighted by Crippen LogP contribution is -2.30. The third kappa shape index (κ3) is 3.19. The molecule has 3 heterocycles. The molecular formula is C14H16ClN5O2. The highest BCUT2D eigenvalue weighted by Crippen LogP contribution is 2.10. The predicted molar refractivity (Wildman–Crippen MR) is 80.8 cm³/mol. The molecule has 1 aliphatic rings. The summed E-state index contributed by atoms with van der Waals surface area (Å²) in [6, 6.07) is 3.32. The summed E-state index contributed by atoms with van der Waals surface area (Å²) in [5, 5.41) is 7.17. The van der Waals surface area contributed by atoms with Crippen molar-refractivity contribution < 1.29 is 9.59 Å². The molecule has 0 atom stereocenters. The molecular weight excluding hydrogens is 306 g/mol. The largest absolute Gasteiger partial charge is 0.351 e. The third-order valence-corrected chi connectivity index (χ3v) is 3.78. The van der Waals surface area contributed by atoms with Crippen LogP contribution in [0.4, 0.5) is 0 Å². The standard InChI is InChI=1S/C14H16ClN5O2/c15-11-4-5-12-17-10(9-20(12)18-11)14(22)16-6-2-8-19-7-1-3-13(19)21/h4-5,9H,1-3,6-8H2,(H,16,22). The molecule has 0 aromatic carbocycles. The maximum absolute atomic E-state index is 12.0. The van der Waals surface area contributed by atoms with Crippen LogP contribution in [0.5, 0.6) is 0 Å². The van der Waals surface area contributed by atoms with Crippen molar-refractivity contribution in [1.82, 2.24) is 24.8 Å². The van der Waals surface area contributed by atoms with Gasteiger partial charge in [0.2, 0.25) is 5.91 Å². The lowest BCUT2D eigenvalue weighted by atomic mass is 10.3. The third-order valence-electron chi connectivity index (χ3n) is 3.58. The Morgan fingerprint density at radius 2 is 2.27 bits per heavy atom. The molecule has 0 aliphatic carbocycles. The molecule has 3 rings (SSSR count). The smallest absolute Gasteiger partial charge is 0.271 e. The maximum atomic E-state index is 12.0. The van der Waals surface area contributed by atoms with Crippen LogP contribution in [0.2, 0.25) is 5.15 Å². The van der Waals surface area contributed by atoms with E-state index in [1.54, 1.807) is 18.3 Å². The van der Waals surface area contributed by atoms with Crippen LogP contribution < -0.4 is 5.32 Å². The van der Waals surface area contributed by atoms with E-state index in [1.165, 1.54) is 4.52 Å². The molecule has 0 radical (unpaired) electrons. The number of hydrogen-bond donors (Lipinski definition) is 1. The number of rotatable bonds is 5. The number of halogens is 1. The first-order chi connectivity index (χ1) is 10.6. The van der Waals surface area contributed by atoms with Crippen LogP contribution in [0.3, 0.4) is 0 Å². The molecule has 2 aromatic heterocycles. The van der Waals surface area contributed by atoms with Crippen LogP contribution in [0, 0.1) is 0 Å². The summed E-state index contributed by atoms with van der Waals surface area (Å²) in [4.78, 5) is 29.5. The first-order valence-electron chi connectivity index (χ1n) is 7.21. The summed E-state index contributed by atoms with van der Waals surface area (Å²) in [5.74, 6) is -0.0519. The van der Waals surface area contributed by atoms with Gasteiger partial charge in [-0.2, -0.15) is 5.10 Å². The highest BCUT2D eigenvalue weighted by Gasteiger charge is 2.19. The van der Waals surface area contributed by atoms with E-state index in [2.05, 4.69) is 15.4 Å². The zero-order valence-electron chi connectivity index (χ0n) is 12.0. The van der Waals surface area contributed by atoms with Crippen molar-refractivity contribution in [3.8, 4) is 0 Å². The average molecular weight is 322 g/mol. The molecule has 7 nitrogen and oxygen atoms in total. The van der Waals surface area contributed by atoms with Crippen molar-refractivity contribution in [1.29, 1.82) is 0 Å². The Balaban J connectivity index is 1.51. The Morgan fingerprint density at radius 3 is 3.05 bits per heavy atom. The van der Waals surface area contributed by atoms with E-state index in [-0.39, 0.29) is 11.8 Å². The van der Waals surface area contributed by atoms with Crippen molar-refractivity contribution >= 4 is 29.1 Å². The van der Waals surface area contributed by atoms with Crippen molar-refractivity contribution in [2.45, 2.75) is 19.3 Å². The SMILES string of the molecule is O=C(NCCCN1CCCC1=O)c1cn2nc(Cl)ccc2n1. The molecule has 0 spiro atoms. The van der Waals surface area contributed by atoms with Crippen molar-refractivity contribution in [2.75, 3.05) is 19.6 Å². The molecule has 1 fully saturated rings. The minimum absolute atomic E-state index is 0.203. The van der Waals surface area contributed by atoms with Gasteiger partial charge < -0.3 is 10.2 Å². The molecule has 1 aliphatic heterocycles. The van der Waals surface area contributed by atoms with Crippen molar-refractivity contribution in [2.24, 2.45) is 0 Å². The van der Waals surface area contributed by atoms with Gasteiger partial charge in [-0.3, -0.25) is 9.59 Å². The second kappa shape index (κ2) is 6.31. The Hall–Kier alpha value is -2.15. The highest BCUT2D eigenvalue weighted by molar-refractivity contribution is 6.29. The molecule has 2 amide bonds. The molecule has 0 saturated carbocycles. The summed E-state index contributed by atoms with van der Waals surface area (Å²) in [5.41, 5.74) is 0.865. The van der Waals surface area contributed by atoms with E-state index in [0.29, 0.717) is 36.0 Å². The summed E-state index contributed by atoms with van der Waals surface area (Å²) in [6.07, 6.45) is 3.85. The molecule has 2 aromatic rings. The van der Waals surface area contributed by atoms with Gasteiger partial charge in [-0.25, -0.2) is 9.50 Å². The summed E-state index contributed by atoms with van der Waals surface area (Å²) < 4.78 is 1.47. The predicted octanol–water partition coefficient (Wildman–Crippen LogP) is 1.12. The molecule has 8 heteroatoms. The fourth-order valence-electron chi connectivity index (χ4n) is 2.47. The molecule has 22 heavy (non-hydrogen) atoms. The van der Waals surface area contributed by atoms with Gasteiger partial charge in [0.25, 0.3) is 5.91 Å². The summed E-state index contributed by atoms with van der Waals surface area (Å²) >= 11 is 5.79. The van der Waals surface area contributed by atoms with Gasteiger partial charge in [0.05, 0.1) is 6.20 Å². The number of aromatic nitrogens is 3. The first kappa shape index (κ1) is 14.8. The number of carbonyl (C=O) groups is 2. The number of nitrogens with zero attached hydrogens (tertiary/aromatic N) is 4. The lowest BCUT2D eigenvalue weighted by molar-refractivity contribution is -0.127. The second-order valence-electron chi connectivity index (χ2n) is 5.18. The molecule has 1 N–H and O–H groups in total. The van der Waals surface area contributed by atoms with Gasteiger partial charge in [0.15, 0.2) is 5.65 Å². The normalized spacial score (nSPS) is 14.8. The Kier molecular flexibility index (Phi) is 4.24. The van der Waals surface area contributed by atoms with Crippen LogP contribution in [0.15, 0.2) is 18.3 Å². The van der Waals surface area contributed by atoms with E-state index in [0.717, 1.165) is 19.4 Å². The fraction of sp³-hybridized carbons (Fsp3) is 0.429. The molecule has 0 unspecified atom stereocenters. The van der Waals surface area contributed by atoms with Crippen LogP contribution in [0.25, 0.3) is 5.65 Å². The maximum Gasteiger partial charge on any atom is 0.271 e. The van der Waals surface area contributed by atoms with Gasteiger partial charge in [-0.1, -0.05) is 11.6 Å². The summed E-state index contributed by atoms with van der Waals surface area (Å²) in [6.45, 7) is 2.01. The van der Waals surface area contributed by atoms with Crippen LogP contribution >= 0.6 is 11.6 Å². The Labute approximate surface area is 132 Å².